The van der Waals surface area contributed by atoms with Crippen molar-refractivity contribution in [2.45, 2.75) is 43.6 Å². The van der Waals surface area contributed by atoms with Crippen molar-refractivity contribution in [2.75, 3.05) is 0 Å². The lowest BCUT2D eigenvalue weighted by atomic mass is 10.2. The van der Waals surface area contributed by atoms with Crippen LogP contribution in [0.2, 0.25) is 0 Å². The maximum Gasteiger partial charge on any atom is 0.187 e. The Morgan fingerprint density at radius 3 is 0.659 bits per heavy atom. The van der Waals surface area contributed by atoms with Crippen LogP contribution in [0.5, 0.6) is 0 Å². The van der Waals surface area contributed by atoms with Crippen LogP contribution in [0.3, 0.4) is 0 Å². The maximum atomic E-state index is 4.21. The molecule has 6 aromatic rings. The SMILES string of the molecule is c1cnc(SCc2ccc(CSc3ncccn3)cc2)nc1.c1cnc(SCc2ccc(CSc3ncccn3)cc2)nc1. The summed E-state index contributed by atoms with van der Waals surface area (Å²) < 4.78 is 0. The minimum absolute atomic E-state index is 0.809. The first-order valence-corrected chi connectivity index (χ1v) is 17.5. The van der Waals surface area contributed by atoms with Crippen molar-refractivity contribution in [1.82, 2.24) is 39.9 Å². The highest BCUT2D eigenvalue weighted by atomic mass is 32.2. The summed E-state index contributed by atoms with van der Waals surface area (Å²) in [7, 11) is 0. The Hall–Kier alpha value is -3.84. The molecular weight excluding hydrogens is 625 g/mol. The van der Waals surface area contributed by atoms with Crippen molar-refractivity contribution in [3.63, 3.8) is 0 Å². The minimum Gasteiger partial charge on any atom is -0.231 e. The van der Waals surface area contributed by atoms with Crippen LogP contribution in [0.15, 0.2) is 143 Å². The summed E-state index contributed by atoms with van der Waals surface area (Å²) in [6, 6.07) is 24.5. The molecule has 0 amide bonds. The molecule has 0 radical (unpaired) electrons. The molecule has 0 aliphatic rings. The van der Waals surface area contributed by atoms with E-state index in [-0.39, 0.29) is 0 Å². The summed E-state index contributed by atoms with van der Waals surface area (Å²) in [5, 5.41) is 3.23. The fourth-order valence-corrected chi connectivity index (χ4v) is 6.53. The number of hydrogen-bond donors (Lipinski definition) is 0. The Bertz CT molecular complexity index is 1380. The fourth-order valence-electron chi connectivity index (χ4n) is 3.49. The highest BCUT2D eigenvalue weighted by molar-refractivity contribution is 7.99. The summed E-state index contributed by atoms with van der Waals surface area (Å²) in [6.45, 7) is 0. The molecule has 0 unspecified atom stereocenters. The van der Waals surface area contributed by atoms with E-state index < -0.39 is 0 Å². The van der Waals surface area contributed by atoms with E-state index in [0.29, 0.717) is 0 Å². The van der Waals surface area contributed by atoms with Crippen LogP contribution < -0.4 is 0 Å². The first-order valence-electron chi connectivity index (χ1n) is 13.5. The summed E-state index contributed by atoms with van der Waals surface area (Å²) in [6.07, 6.45) is 14.1. The molecule has 0 atom stereocenters. The molecule has 0 saturated carbocycles. The Labute approximate surface area is 273 Å². The first-order chi connectivity index (χ1) is 21.8. The molecule has 0 aliphatic carbocycles. The molecule has 8 nitrogen and oxygen atoms in total. The van der Waals surface area contributed by atoms with E-state index >= 15 is 0 Å². The van der Waals surface area contributed by atoms with E-state index in [0.717, 1.165) is 43.6 Å². The van der Waals surface area contributed by atoms with Crippen LogP contribution in [0, 0.1) is 0 Å². The van der Waals surface area contributed by atoms with Gasteiger partial charge in [-0.25, -0.2) is 39.9 Å². The molecule has 0 spiro atoms. The molecule has 0 N–H and O–H groups in total. The van der Waals surface area contributed by atoms with Crippen molar-refractivity contribution in [1.29, 1.82) is 0 Å². The quantitative estimate of drug-likeness (QED) is 0.0956. The van der Waals surface area contributed by atoms with E-state index in [4.69, 9.17) is 0 Å². The zero-order valence-electron chi connectivity index (χ0n) is 23.6. The molecule has 0 bridgehead atoms. The maximum absolute atomic E-state index is 4.21. The molecule has 6 rings (SSSR count). The van der Waals surface area contributed by atoms with Crippen LogP contribution in [0.1, 0.15) is 22.3 Å². The molecular formula is C32H28N8S4. The second kappa shape index (κ2) is 18.1. The molecule has 12 heteroatoms. The van der Waals surface area contributed by atoms with Gasteiger partial charge in [-0.15, -0.1) is 0 Å². The van der Waals surface area contributed by atoms with Crippen LogP contribution in [0.4, 0.5) is 0 Å². The van der Waals surface area contributed by atoms with Gasteiger partial charge in [-0.2, -0.15) is 0 Å². The fraction of sp³-hybridized carbons (Fsp3) is 0.125. The van der Waals surface area contributed by atoms with E-state index in [1.165, 1.54) is 22.3 Å². The zero-order valence-corrected chi connectivity index (χ0v) is 26.9. The molecule has 4 heterocycles. The van der Waals surface area contributed by atoms with Crippen LogP contribution in [-0.4, -0.2) is 39.9 Å². The average Bonchev–Trinajstić information content (AvgIpc) is 3.11. The van der Waals surface area contributed by atoms with E-state index in [1.54, 1.807) is 96.6 Å². The minimum atomic E-state index is 0.809. The van der Waals surface area contributed by atoms with Gasteiger partial charge in [0.1, 0.15) is 0 Å². The Morgan fingerprint density at radius 2 is 0.477 bits per heavy atom. The standard InChI is InChI=1S/2C16H14N4S2/c2*1-7-17-15(18-8-1)21-11-13-3-5-14(6-4-13)12-22-16-19-9-2-10-20-16/h2*1-10H,11-12H2. The summed E-state index contributed by atoms with van der Waals surface area (Å²) in [5.41, 5.74) is 5.06. The third-order valence-corrected chi connectivity index (χ3v) is 9.47. The van der Waals surface area contributed by atoms with Crippen molar-refractivity contribution < 1.29 is 0 Å². The van der Waals surface area contributed by atoms with Crippen molar-refractivity contribution in [3.8, 4) is 0 Å². The largest absolute Gasteiger partial charge is 0.231 e. The highest BCUT2D eigenvalue weighted by Crippen LogP contribution is 2.23. The number of aromatic nitrogens is 8. The lowest BCUT2D eigenvalue weighted by Gasteiger charge is -2.03. The van der Waals surface area contributed by atoms with Crippen molar-refractivity contribution >= 4 is 47.0 Å². The van der Waals surface area contributed by atoms with Gasteiger partial charge >= 0.3 is 0 Å². The van der Waals surface area contributed by atoms with Crippen molar-refractivity contribution in [3.05, 3.63) is 145 Å². The third kappa shape index (κ3) is 11.3. The van der Waals surface area contributed by atoms with E-state index in [9.17, 15) is 0 Å². The van der Waals surface area contributed by atoms with Gasteiger partial charge in [0.15, 0.2) is 20.6 Å². The lowest BCUT2D eigenvalue weighted by molar-refractivity contribution is 0.966. The van der Waals surface area contributed by atoms with Crippen molar-refractivity contribution in [2.24, 2.45) is 0 Å². The Morgan fingerprint density at radius 1 is 0.295 bits per heavy atom. The normalized spacial score (nSPS) is 10.5. The van der Waals surface area contributed by atoms with Gasteiger partial charge in [-0.1, -0.05) is 95.6 Å². The van der Waals surface area contributed by atoms with Crippen LogP contribution in [0.25, 0.3) is 0 Å². The Kier molecular flexibility index (Phi) is 13.0. The third-order valence-electron chi connectivity index (χ3n) is 5.69. The number of benzene rings is 2. The van der Waals surface area contributed by atoms with Crippen LogP contribution >= 0.6 is 47.0 Å². The topological polar surface area (TPSA) is 103 Å². The van der Waals surface area contributed by atoms with Gasteiger partial charge in [0, 0.05) is 72.6 Å². The molecule has 4 aromatic heterocycles. The first kappa shape index (κ1) is 31.6. The molecule has 0 saturated heterocycles. The number of nitrogens with zero attached hydrogens (tertiary/aromatic N) is 8. The Balaban J connectivity index is 0.000000175. The molecule has 0 aliphatic heterocycles. The van der Waals surface area contributed by atoms with Gasteiger partial charge in [0.2, 0.25) is 0 Å². The average molecular weight is 653 g/mol. The lowest BCUT2D eigenvalue weighted by Crippen LogP contribution is -1.88. The van der Waals surface area contributed by atoms with E-state index in [2.05, 4.69) is 88.4 Å². The molecule has 0 fully saturated rings. The van der Waals surface area contributed by atoms with Gasteiger partial charge in [0.05, 0.1) is 0 Å². The smallest absolute Gasteiger partial charge is 0.187 e. The van der Waals surface area contributed by atoms with Gasteiger partial charge in [-0.05, 0) is 46.5 Å². The second-order valence-electron chi connectivity index (χ2n) is 8.91. The predicted octanol–water partition coefficient (Wildman–Crippen LogP) is 7.70. The zero-order chi connectivity index (χ0) is 30.1. The van der Waals surface area contributed by atoms with E-state index in [1.807, 2.05) is 24.3 Å². The molecule has 2 aromatic carbocycles. The summed E-state index contributed by atoms with van der Waals surface area (Å²) in [5.74, 6) is 3.50. The predicted molar refractivity (Wildman–Crippen MR) is 179 cm³/mol. The van der Waals surface area contributed by atoms with Gasteiger partial charge in [0.25, 0.3) is 0 Å². The van der Waals surface area contributed by atoms with Crippen LogP contribution in [-0.2, 0) is 23.0 Å². The molecule has 220 valence electrons. The number of rotatable bonds is 12. The second-order valence-corrected chi connectivity index (χ2v) is 12.7. The molecule has 44 heavy (non-hydrogen) atoms. The highest BCUT2D eigenvalue weighted by Gasteiger charge is 2.02. The van der Waals surface area contributed by atoms with Gasteiger partial charge < -0.3 is 0 Å². The van der Waals surface area contributed by atoms with Gasteiger partial charge in [-0.3, -0.25) is 0 Å². The number of hydrogen-bond acceptors (Lipinski definition) is 12. The monoisotopic (exact) mass is 652 g/mol. The number of thioether (sulfide) groups is 4. The summed E-state index contributed by atoms with van der Waals surface area (Å²) >= 11 is 6.57. The summed E-state index contributed by atoms with van der Waals surface area (Å²) in [4.78, 5) is 33.7.